The largest absolute Gasteiger partial charge is 0.459 e. The number of thioether (sulfide) groups is 1. The summed E-state index contributed by atoms with van der Waals surface area (Å²) in [5, 5.41) is 2.46. The van der Waals surface area contributed by atoms with E-state index in [2.05, 4.69) is 5.32 Å². The fraction of sp³-hybridized carbons (Fsp3) is 0.750. The van der Waals surface area contributed by atoms with Gasteiger partial charge in [0.15, 0.2) is 5.12 Å². The van der Waals surface area contributed by atoms with E-state index in [0.717, 1.165) is 11.8 Å². The van der Waals surface area contributed by atoms with Crippen LogP contribution in [0, 0.1) is 5.92 Å². The molecule has 0 saturated heterocycles. The van der Waals surface area contributed by atoms with Crippen molar-refractivity contribution >= 4 is 28.8 Å². The van der Waals surface area contributed by atoms with Crippen LogP contribution in [0.5, 0.6) is 0 Å². The van der Waals surface area contributed by atoms with E-state index >= 15 is 0 Å². The van der Waals surface area contributed by atoms with Gasteiger partial charge in [-0.15, -0.1) is 0 Å². The minimum absolute atomic E-state index is 0.0261. The predicted octanol–water partition coefficient (Wildman–Crippen LogP) is 1.36. The van der Waals surface area contributed by atoms with Crippen LogP contribution >= 0.6 is 11.8 Å². The van der Waals surface area contributed by atoms with Gasteiger partial charge in [-0.1, -0.05) is 18.7 Å². The molecule has 0 aliphatic heterocycles. The smallest absolute Gasteiger partial charge is 0.325 e. The van der Waals surface area contributed by atoms with Crippen LogP contribution in [0.2, 0.25) is 0 Å². The van der Waals surface area contributed by atoms with Crippen molar-refractivity contribution in [3.8, 4) is 0 Å². The van der Waals surface area contributed by atoms with E-state index in [-0.39, 0.29) is 23.5 Å². The fourth-order valence-corrected chi connectivity index (χ4v) is 1.67. The van der Waals surface area contributed by atoms with Crippen molar-refractivity contribution in [3.63, 3.8) is 0 Å². The molecule has 0 saturated carbocycles. The molecule has 0 radical (unpaired) electrons. The second-order valence-electron chi connectivity index (χ2n) is 5.01. The van der Waals surface area contributed by atoms with Crippen LogP contribution in [0.25, 0.3) is 0 Å². The molecule has 104 valence electrons. The number of carbonyl (C=O) groups is 3. The average molecular weight is 275 g/mol. The maximum Gasteiger partial charge on any atom is 0.325 e. The van der Waals surface area contributed by atoms with Crippen molar-refractivity contribution in [3.05, 3.63) is 0 Å². The highest BCUT2D eigenvalue weighted by atomic mass is 32.2. The maximum atomic E-state index is 11.6. The second-order valence-corrected chi connectivity index (χ2v) is 6.20. The maximum absolute atomic E-state index is 11.6. The summed E-state index contributed by atoms with van der Waals surface area (Å²) in [5.41, 5.74) is -0.558. The number of nitrogens with one attached hydrogen (secondary N) is 1. The second kappa shape index (κ2) is 7.41. The minimum Gasteiger partial charge on any atom is -0.459 e. The Morgan fingerprint density at radius 1 is 1.28 bits per heavy atom. The zero-order chi connectivity index (χ0) is 14.3. The van der Waals surface area contributed by atoms with Crippen LogP contribution in [0.15, 0.2) is 0 Å². The minimum atomic E-state index is -0.558. The Balaban J connectivity index is 3.95. The monoisotopic (exact) mass is 275 g/mol. The summed E-state index contributed by atoms with van der Waals surface area (Å²) in [4.78, 5) is 33.7. The van der Waals surface area contributed by atoms with Gasteiger partial charge in [0.25, 0.3) is 0 Å². The Kier molecular flexibility index (Phi) is 6.98. The Labute approximate surface area is 112 Å². The lowest BCUT2D eigenvalue weighted by Crippen LogP contribution is -2.37. The van der Waals surface area contributed by atoms with E-state index in [4.69, 9.17) is 4.74 Å². The molecule has 6 heteroatoms. The number of hydrogen-bond acceptors (Lipinski definition) is 5. The fourth-order valence-electron chi connectivity index (χ4n) is 1.03. The van der Waals surface area contributed by atoms with Gasteiger partial charge in [-0.05, 0) is 20.8 Å². The molecule has 1 N–H and O–H groups in total. The SMILES string of the molecule is CC(=O)SC[C@@H](C)C(=O)NCC(=O)OC(C)(C)C. The normalized spacial score (nSPS) is 12.7. The third-order valence-electron chi connectivity index (χ3n) is 1.81. The summed E-state index contributed by atoms with van der Waals surface area (Å²) in [5.74, 6) is -0.631. The van der Waals surface area contributed by atoms with Gasteiger partial charge < -0.3 is 10.1 Å². The molecule has 1 atom stereocenters. The summed E-state index contributed by atoms with van der Waals surface area (Å²) < 4.78 is 5.05. The number of esters is 1. The molecule has 0 aromatic carbocycles. The van der Waals surface area contributed by atoms with Gasteiger partial charge in [0, 0.05) is 18.6 Å². The standard InChI is InChI=1S/C12H21NO4S/c1-8(7-18-9(2)14)11(16)13-6-10(15)17-12(3,4)5/h8H,6-7H2,1-5H3,(H,13,16)/t8-/m1/s1. The number of rotatable bonds is 5. The zero-order valence-electron chi connectivity index (χ0n) is 11.5. The van der Waals surface area contributed by atoms with Gasteiger partial charge in [-0.2, -0.15) is 0 Å². The molecule has 1 amide bonds. The Morgan fingerprint density at radius 2 is 1.83 bits per heavy atom. The van der Waals surface area contributed by atoms with E-state index in [1.807, 2.05) is 0 Å². The third-order valence-corrected chi connectivity index (χ3v) is 2.88. The van der Waals surface area contributed by atoms with Gasteiger partial charge >= 0.3 is 5.97 Å². The first-order chi connectivity index (χ1) is 8.11. The molecular formula is C12H21NO4S. The molecule has 0 rings (SSSR count). The van der Waals surface area contributed by atoms with E-state index in [1.165, 1.54) is 6.92 Å². The van der Waals surface area contributed by atoms with Crippen LogP contribution in [-0.4, -0.2) is 34.9 Å². The molecule has 5 nitrogen and oxygen atoms in total. The quantitative estimate of drug-likeness (QED) is 0.767. The van der Waals surface area contributed by atoms with E-state index < -0.39 is 11.6 Å². The van der Waals surface area contributed by atoms with Crippen LogP contribution in [0.3, 0.4) is 0 Å². The van der Waals surface area contributed by atoms with Crippen molar-refractivity contribution in [2.24, 2.45) is 5.92 Å². The Bertz CT molecular complexity index is 323. The molecule has 0 bridgehead atoms. The molecule has 0 unspecified atom stereocenters. The topological polar surface area (TPSA) is 72.5 Å². The predicted molar refractivity (Wildman–Crippen MR) is 71.2 cm³/mol. The van der Waals surface area contributed by atoms with Gasteiger partial charge in [0.05, 0.1) is 0 Å². The highest BCUT2D eigenvalue weighted by molar-refractivity contribution is 8.13. The molecule has 0 aromatic rings. The summed E-state index contributed by atoms with van der Waals surface area (Å²) in [6.07, 6.45) is 0. The average Bonchev–Trinajstić information content (AvgIpc) is 2.19. The molecule has 0 aromatic heterocycles. The first-order valence-corrected chi connectivity index (χ1v) is 6.73. The number of hydrogen-bond donors (Lipinski definition) is 1. The van der Waals surface area contributed by atoms with Crippen molar-refractivity contribution in [1.29, 1.82) is 0 Å². The Hall–Kier alpha value is -1.04. The van der Waals surface area contributed by atoms with Crippen LogP contribution in [-0.2, 0) is 19.1 Å². The van der Waals surface area contributed by atoms with Crippen molar-refractivity contribution in [1.82, 2.24) is 5.32 Å². The zero-order valence-corrected chi connectivity index (χ0v) is 12.3. The summed E-state index contributed by atoms with van der Waals surface area (Å²) in [7, 11) is 0. The van der Waals surface area contributed by atoms with Crippen LogP contribution in [0.4, 0.5) is 0 Å². The number of amides is 1. The van der Waals surface area contributed by atoms with Crippen molar-refractivity contribution < 1.29 is 19.1 Å². The lowest BCUT2D eigenvalue weighted by atomic mass is 10.2. The molecule has 0 spiro atoms. The molecule has 0 aliphatic carbocycles. The summed E-state index contributed by atoms with van der Waals surface area (Å²) >= 11 is 1.10. The number of carbonyl (C=O) groups excluding carboxylic acids is 3. The van der Waals surface area contributed by atoms with Gasteiger partial charge in [0.1, 0.15) is 12.1 Å². The molecule has 0 heterocycles. The van der Waals surface area contributed by atoms with E-state index in [9.17, 15) is 14.4 Å². The van der Waals surface area contributed by atoms with Crippen molar-refractivity contribution in [2.75, 3.05) is 12.3 Å². The lowest BCUT2D eigenvalue weighted by Gasteiger charge is -2.20. The van der Waals surface area contributed by atoms with Crippen molar-refractivity contribution in [2.45, 2.75) is 40.2 Å². The molecule has 0 fully saturated rings. The Morgan fingerprint density at radius 3 is 2.28 bits per heavy atom. The van der Waals surface area contributed by atoms with E-state index in [0.29, 0.717) is 5.75 Å². The number of ether oxygens (including phenoxy) is 1. The highest BCUT2D eigenvalue weighted by Crippen LogP contribution is 2.09. The summed E-state index contributed by atoms with van der Waals surface area (Å²) in [6, 6.07) is 0. The highest BCUT2D eigenvalue weighted by Gasteiger charge is 2.18. The third kappa shape index (κ3) is 9.04. The van der Waals surface area contributed by atoms with E-state index in [1.54, 1.807) is 27.7 Å². The molecular weight excluding hydrogens is 254 g/mol. The molecule has 0 aliphatic rings. The molecule has 18 heavy (non-hydrogen) atoms. The van der Waals surface area contributed by atoms with Gasteiger partial charge in [-0.25, -0.2) is 0 Å². The lowest BCUT2D eigenvalue weighted by molar-refractivity contribution is -0.154. The first kappa shape index (κ1) is 17.0. The van der Waals surface area contributed by atoms with Gasteiger partial charge in [0.2, 0.25) is 5.91 Å². The summed E-state index contributed by atoms with van der Waals surface area (Å²) in [6.45, 7) is 8.30. The van der Waals surface area contributed by atoms with Gasteiger partial charge in [-0.3, -0.25) is 14.4 Å². The van der Waals surface area contributed by atoms with Crippen LogP contribution in [0.1, 0.15) is 34.6 Å². The first-order valence-electron chi connectivity index (χ1n) is 5.74. The van der Waals surface area contributed by atoms with Crippen LogP contribution < -0.4 is 5.32 Å².